The van der Waals surface area contributed by atoms with Crippen LogP contribution in [0.5, 0.6) is 0 Å². The zero-order valence-electron chi connectivity index (χ0n) is 16.9. The van der Waals surface area contributed by atoms with Gasteiger partial charge in [0.05, 0.1) is 0 Å². The molecule has 0 spiro atoms. The largest absolute Gasteiger partial charge is 0.378 e. The highest BCUT2D eigenvalue weighted by Crippen LogP contribution is 2.19. The van der Waals surface area contributed by atoms with Gasteiger partial charge >= 0.3 is 0 Å². The van der Waals surface area contributed by atoms with Gasteiger partial charge in [0.2, 0.25) is 11.7 Å². The van der Waals surface area contributed by atoms with Crippen molar-refractivity contribution in [1.29, 1.82) is 0 Å². The van der Waals surface area contributed by atoms with Crippen LogP contribution in [-0.2, 0) is 11.3 Å². The SMILES string of the molecule is CN(C)c1ccc(NC(=O)Cn2nc(-c3nc(-c4ccncc4)no3)ccc2=O)cc1. The normalized spacial score (nSPS) is 10.6. The maximum atomic E-state index is 12.4. The van der Waals surface area contributed by atoms with Crippen LogP contribution in [0.25, 0.3) is 23.0 Å². The van der Waals surface area contributed by atoms with Crippen LogP contribution in [0.3, 0.4) is 0 Å². The highest BCUT2D eigenvalue weighted by Gasteiger charge is 2.14. The van der Waals surface area contributed by atoms with E-state index in [0.29, 0.717) is 11.5 Å². The fourth-order valence-corrected chi connectivity index (χ4v) is 2.80. The van der Waals surface area contributed by atoms with Crippen molar-refractivity contribution in [3.8, 4) is 23.0 Å². The predicted octanol–water partition coefficient (Wildman–Crippen LogP) is 2.06. The summed E-state index contributed by atoms with van der Waals surface area (Å²) in [7, 11) is 3.87. The van der Waals surface area contributed by atoms with E-state index in [0.717, 1.165) is 15.9 Å². The molecule has 3 heterocycles. The minimum atomic E-state index is -0.421. The summed E-state index contributed by atoms with van der Waals surface area (Å²) in [6.07, 6.45) is 3.24. The first kappa shape index (κ1) is 20.0. The molecule has 0 bridgehead atoms. The number of nitrogens with zero attached hydrogens (tertiary/aromatic N) is 6. The van der Waals surface area contributed by atoms with E-state index in [9.17, 15) is 9.59 Å². The van der Waals surface area contributed by atoms with Crippen LogP contribution in [0.4, 0.5) is 11.4 Å². The summed E-state index contributed by atoms with van der Waals surface area (Å²) in [5, 5.41) is 10.9. The molecule has 4 aromatic rings. The van der Waals surface area contributed by atoms with Gasteiger partial charge < -0.3 is 14.7 Å². The molecule has 0 aliphatic carbocycles. The smallest absolute Gasteiger partial charge is 0.278 e. The monoisotopic (exact) mass is 417 g/mol. The van der Waals surface area contributed by atoms with Crippen molar-refractivity contribution in [2.75, 3.05) is 24.3 Å². The van der Waals surface area contributed by atoms with Gasteiger partial charge in [0, 0.05) is 49.5 Å². The molecule has 0 aliphatic heterocycles. The second-order valence-corrected chi connectivity index (χ2v) is 6.86. The fourth-order valence-electron chi connectivity index (χ4n) is 2.80. The molecule has 0 atom stereocenters. The van der Waals surface area contributed by atoms with E-state index in [-0.39, 0.29) is 24.0 Å². The average molecular weight is 417 g/mol. The minimum Gasteiger partial charge on any atom is -0.378 e. The molecular weight excluding hydrogens is 398 g/mol. The van der Waals surface area contributed by atoms with E-state index in [1.54, 1.807) is 36.7 Å². The predicted molar refractivity (Wildman–Crippen MR) is 114 cm³/mol. The van der Waals surface area contributed by atoms with Gasteiger partial charge in [-0.15, -0.1) is 0 Å². The molecular formula is C21H19N7O3. The first-order valence-corrected chi connectivity index (χ1v) is 9.39. The molecule has 1 amide bonds. The fraction of sp³-hybridized carbons (Fsp3) is 0.143. The Bertz CT molecular complexity index is 1250. The van der Waals surface area contributed by atoms with Crippen LogP contribution in [0.15, 0.2) is 70.2 Å². The Balaban J connectivity index is 1.50. The highest BCUT2D eigenvalue weighted by atomic mass is 16.5. The van der Waals surface area contributed by atoms with Crippen molar-refractivity contribution in [3.63, 3.8) is 0 Å². The Morgan fingerprint density at radius 2 is 1.81 bits per heavy atom. The molecule has 10 heteroatoms. The van der Waals surface area contributed by atoms with Crippen molar-refractivity contribution >= 4 is 17.3 Å². The Morgan fingerprint density at radius 1 is 1.06 bits per heavy atom. The second kappa shape index (κ2) is 8.57. The quantitative estimate of drug-likeness (QED) is 0.506. The Kier molecular flexibility index (Phi) is 5.52. The Labute approximate surface area is 177 Å². The lowest BCUT2D eigenvalue weighted by atomic mass is 10.2. The van der Waals surface area contributed by atoms with Crippen molar-refractivity contribution in [2.45, 2.75) is 6.54 Å². The van der Waals surface area contributed by atoms with Gasteiger partial charge in [-0.1, -0.05) is 5.16 Å². The number of hydrogen-bond donors (Lipinski definition) is 1. The zero-order valence-corrected chi connectivity index (χ0v) is 16.9. The standard InChI is InChI=1S/C21H19N7O3/c1-27(2)16-5-3-15(4-6-16)23-18(29)13-28-19(30)8-7-17(25-28)21-24-20(26-31-21)14-9-11-22-12-10-14/h3-12H,13H2,1-2H3,(H,23,29). The van der Waals surface area contributed by atoms with E-state index in [1.807, 2.05) is 31.1 Å². The van der Waals surface area contributed by atoms with Crippen LogP contribution in [0.1, 0.15) is 0 Å². The minimum absolute atomic E-state index is 0.139. The number of carbonyl (C=O) groups is 1. The van der Waals surface area contributed by atoms with E-state index < -0.39 is 5.56 Å². The summed E-state index contributed by atoms with van der Waals surface area (Å²) >= 11 is 0. The average Bonchev–Trinajstić information content (AvgIpc) is 3.26. The molecule has 4 rings (SSSR count). The summed E-state index contributed by atoms with van der Waals surface area (Å²) < 4.78 is 6.32. The molecule has 156 valence electrons. The number of hydrogen-bond acceptors (Lipinski definition) is 8. The first-order valence-electron chi connectivity index (χ1n) is 9.39. The summed E-state index contributed by atoms with van der Waals surface area (Å²) in [5.74, 6) is 0.128. The molecule has 1 aromatic carbocycles. The molecule has 3 aromatic heterocycles. The number of amides is 1. The van der Waals surface area contributed by atoms with Crippen LogP contribution < -0.4 is 15.8 Å². The summed E-state index contributed by atoms with van der Waals surface area (Å²) in [5.41, 5.74) is 2.23. The van der Waals surface area contributed by atoms with Crippen LogP contribution in [-0.4, -0.2) is 44.9 Å². The van der Waals surface area contributed by atoms with Crippen molar-refractivity contribution in [1.82, 2.24) is 24.9 Å². The third kappa shape index (κ3) is 4.64. The Morgan fingerprint density at radius 3 is 2.52 bits per heavy atom. The number of nitrogens with one attached hydrogen (secondary N) is 1. The van der Waals surface area contributed by atoms with Gasteiger partial charge in [-0.2, -0.15) is 10.1 Å². The third-order valence-corrected chi connectivity index (χ3v) is 4.41. The van der Waals surface area contributed by atoms with Crippen molar-refractivity contribution in [3.05, 3.63) is 71.3 Å². The first-order chi connectivity index (χ1) is 15.0. The third-order valence-electron chi connectivity index (χ3n) is 4.41. The van der Waals surface area contributed by atoms with Gasteiger partial charge in [-0.05, 0) is 42.5 Å². The number of pyridine rings is 1. The van der Waals surface area contributed by atoms with Crippen LogP contribution in [0, 0.1) is 0 Å². The second-order valence-electron chi connectivity index (χ2n) is 6.86. The lowest BCUT2D eigenvalue weighted by Gasteiger charge is -2.13. The molecule has 31 heavy (non-hydrogen) atoms. The van der Waals surface area contributed by atoms with Gasteiger partial charge in [0.25, 0.3) is 11.4 Å². The molecule has 0 saturated carbocycles. The van der Waals surface area contributed by atoms with Gasteiger partial charge in [-0.3, -0.25) is 14.6 Å². The molecule has 0 saturated heterocycles. The van der Waals surface area contributed by atoms with E-state index in [4.69, 9.17) is 4.52 Å². The lowest BCUT2D eigenvalue weighted by Crippen LogP contribution is -2.29. The van der Waals surface area contributed by atoms with Crippen molar-refractivity contribution in [2.24, 2.45) is 0 Å². The Hall–Kier alpha value is -4.34. The number of carbonyl (C=O) groups excluding carboxylic acids is 1. The van der Waals surface area contributed by atoms with Gasteiger partial charge in [0.15, 0.2) is 0 Å². The van der Waals surface area contributed by atoms with Crippen LogP contribution >= 0.6 is 0 Å². The molecule has 0 fully saturated rings. The maximum absolute atomic E-state index is 12.4. The topological polar surface area (TPSA) is 119 Å². The van der Waals surface area contributed by atoms with Crippen LogP contribution in [0.2, 0.25) is 0 Å². The highest BCUT2D eigenvalue weighted by molar-refractivity contribution is 5.90. The lowest BCUT2D eigenvalue weighted by molar-refractivity contribution is -0.117. The van der Waals surface area contributed by atoms with Gasteiger partial charge in [-0.25, -0.2) is 4.68 Å². The molecule has 1 N–H and O–H groups in total. The maximum Gasteiger partial charge on any atom is 0.278 e. The summed E-state index contributed by atoms with van der Waals surface area (Å²) in [6.45, 7) is -0.256. The molecule has 0 radical (unpaired) electrons. The number of aromatic nitrogens is 5. The summed E-state index contributed by atoms with van der Waals surface area (Å²) in [6, 6.07) is 13.6. The van der Waals surface area contributed by atoms with Crippen molar-refractivity contribution < 1.29 is 9.32 Å². The number of benzene rings is 1. The molecule has 0 aliphatic rings. The number of anilines is 2. The zero-order chi connectivity index (χ0) is 21.8. The van der Waals surface area contributed by atoms with E-state index in [1.165, 1.54) is 12.1 Å². The molecule has 0 unspecified atom stereocenters. The van der Waals surface area contributed by atoms with E-state index in [2.05, 4.69) is 25.5 Å². The summed E-state index contributed by atoms with van der Waals surface area (Å²) in [4.78, 5) is 34.8. The van der Waals surface area contributed by atoms with E-state index >= 15 is 0 Å². The molecule has 10 nitrogen and oxygen atoms in total. The van der Waals surface area contributed by atoms with Gasteiger partial charge in [0.1, 0.15) is 12.2 Å². The number of rotatable bonds is 6.